The molecule has 0 atom stereocenters. The number of hydrogen-bond donors (Lipinski definition) is 0. The van der Waals surface area contributed by atoms with Crippen LogP contribution in [-0.4, -0.2) is 7.11 Å². The fourth-order valence-corrected chi connectivity index (χ4v) is 6.43. The molecule has 3 heteroatoms. The van der Waals surface area contributed by atoms with Gasteiger partial charge in [-0.25, -0.2) is 0 Å². The fourth-order valence-electron chi connectivity index (χ4n) is 3.91. The smallest absolute Gasteiger partial charge is 0.153 e. The van der Waals surface area contributed by atoms with Gasteiger partial charge in [0.25, 0.3) is 0 Å². The van der Waals surface area contributed by atoms with Gasteiger partial charge in [0.05, 0.1) is 0 Å². The van der Waals surface area contributed by atoms with Gasteiger partial charge in [-0.2, -0.15) is 0 Å². The van der Waals surface area contributed by atoms with Crippen LogP contribution in [0.3, 0.4) is 0 Å². The summed E-state index contributed by atoms with van der Waals surface area (Å²) in [4.78, 5) is 2.63. The average molecular weight is 348 g/mol. The second-order valence-corrected chi connectivity index (χ2v) is 8.54. The summed E-state index contributed by atoms with van der Waals surface area (Å²) in [6.07, 6.45) is 0. The van der Waals surface area contributed by atoms with Crippen LogP contribution in [0.4, 0.5) is 0 Å². The molecule has 2 heterocycles. The fraction of sp³-hybridized carbons (Fsp3) is 0.143. The van der Waals surface area contributed by atoms with E-state index in [0.717, 1.165) is 0 Å². The quantitative estimate of drug-likeness (QED) is 0.420. The second-order valence-electron chi connectivity index (χ2n) is 6.17. The molecule has 4 aromatic rings. The van der Waals surface area contributed by atoms with Crippen molar-refractivity contribution in [3.8, 4) is 11.1 Å². The summed E-state index contributed by atoms with van der Waals surface area (Å²) in [5.74, 6) is 0. The first-order chi connectivity index (χ1) is 11.7. The van der Waals surface area contributed by atoms with Crippen molar-refractivity contribution < 1.29 is 4.74 Å². The van der Waals surface area contributed by atoms with E-state index >= 15 is 0 Å². The molecule has 2 aromatic heterocycles. The van der Waals surface area contributed by atoms with Gasteiger partial charge in [-0.1, -0.05) is 48.5 Å². The molecule has 0 fully saturated rings. The molecule has 24 heavy (non-hydrogen) atoms. The van der Waals surface area contributed by atoms with Crippen molar-refractivity contribution >= 4 is 32.1 Å². The highest BCUT2D eigenvalue weighted by atomic mass is 32.1. The van der Waals surface area contributed by atoms with Crippen molar-refractivity contribution in [1.29, 1.82) is 0 Å². The van der Waals surface area contributed by atoms with Crippen LogP contribution in [0.5, 0.6) is 0 Å². The lowest BCUT2D eigenvalue weighted by atomic mass is 9.89. The molecule has 0 amide bonds. The van der Waals surface area contributed by atoms with Gasteiger partial charge in [0.2, 0.25) is 0 Å². The van der Waals surface area contributed by atoms with Gasteiger partial charge in [-0.05, 0) is 30.2 Å². The summed E-state index contributed by atoms with van der Waals surface area (Å²) in [5, 5.41) is 0. The molecular weight excluding hydrogens is 332 g/mol. The molecule has 0 unspecified atom stereocenters. The molecule has 0 radical (unpaired) electrons. The first-order valence-electron chi connectivity index (χ1n) is 7.99. The summed E-state index contributed by atoms with van der Waals surface area (Å²) in [5.41, 5.74) is 4.56. The van der Waals surface area contributed by atoms with Crippen LogP contribution in [0, 0.1) is 6.92 Å². The number of ether oxygens (including phenoxy) is 1. The zero-order valence-corrected chi connectivity index (χ0v) is 15.1. The van der Waals surface area contributed by atoms with E-state index in [1.807, 2.05) is 29.8 Å². The van der Waals surface area contributed by atoms with Gasteiger partial charge in [0.15, 0.2) is 5.60 Å². The SMILES string of the molecule is COC1(c2cc3sc(C)cc3s2)c2ccccc2-c2ccccc21. The summed E-state index contributed by atoms with van der Waals surface area (Å²) in [7, 11) is 1.83. The topological polar surface area (TPSA) is 9.23 Å². The van der Waals surface area contributed by atoms with E-state index in [4.69, 9.17) is 4.74 Å². The molecule has 1 aliphatic carbocycles. The Morgan fingerprint density at radius 3 is 1.96 bits per heavy atom. The van der Waals surface area contributed by atoms with Gasteiger partial charge in [0.1, 0.15) is 0 Å². The summed E-state index contributed by atoms with van der Waals surface area (Å²) >= 11 is 3.71. The van der Waals surface area contributed by atoms with Crippen LogP contribution in [0.1, 0.15) is 20.9 Å². The van der Waals surface area contributed by atoms with Crippen molar-refractivity contribution in [1.82, 2.24) is 0 Å². The molecule has 0 bridgehead atoms. The molecule has 1 aliphatic rings. The Balaban J connectivity index is 1.87. The third-order valence-electron chi connectivity index (χ3n) is 4.89. The Bertz CT molecular complexity index is 993. The summed E-state index contributed by atoms with van der Waals surface area (Å²) in [6.45, 7) is 2.17. The zero-order chi connectivity index (χ0) is 16.3. The molecule has 0 spiro atoms. The minimum atomic E-state index is -0.496. The molecule has 5 rings (SSSR count). The summed E-state index contributed by atoms with van der Waals surface area (Å²) < 4.78 is 8.99. The lowest BCUT2D eigenvalue weighted by Crippen LogP contribution is -2.27. The number of hydrogen-bond acceptors (Lipinski definition) is 3. The van der Waals surface area contributed by atoms with Crippen molar-refractivity contribution in [2.45, 2.75) is 12.5 Å². The maximum atomic E-state index is 6.28. The highest BCUT2D eigenvalue weighted by molar-refractivity contribution is 7.27. The standard InChI is InChI=1S/C21H16OS2/c1-13-11-18-19(23-13)12-20(24-18)21(22-2)16-9-5-3-7-14(16)15-8-4-6-10-17(15)21/h3-12H,1-2H3. The monoisotopic (exact) mass is 348 g/mol. The van der Waals surface area contributed by atoms with Crippen LogP contribution >= 0.6 is 22.7 Å². The first-order valence-corrected chi connectivity index (χ1v) is 9.62. The number of rotatable bonds is 2. The van der Waals surface area contributed by atoms with Crippen molar-refractivity contribution in [2.24, 2.45) is 0 Å². The Kier molecular flexibility index (Phi) is 3.02. The molecule has 0 saturated carbocycles. The van der Waals surface area contributed by atoms with Crippen LogP contribution < -0.4 is 0 Å². The van der Waals surface area contributed by atoms with Gasteiger partial charge in [0, 0.05) is 37.4 Å². The lowest BCUT2D eigenvalue weighted by Gasteiger charge is -2.29. The normalized spacial score (nSPS) is 14.8. The van der Waals surface area contributed by atoms with Crippen molar-refractivity contribution in [3.05, 3.63) is 81.5 Å². The number of fused-ring (bicyclic) bond motifs is 4. The largest absolute Gasteiger partial charge is 0.363 e. The molecular formula is C21H16OS2. The average Bonchev–Trinajstić information content (AvgIpc) is 3.23. The maximum Gasteiger partial charge on any atom is 0.153 e. The van der Waals surface area contributed by atoms with Crippen LogP contribution in [0.2, 0.25) is 0 Å². The van der Waals surface area contributed by atoms with Gasteiger partial charge in [-0.15, -0.1) is 22.7 Å². The predicted molar refractivity (Wildman–Crippen MR) is 103 cm³/mol. The Labute approximate surface area is 149 Å². The molecule has 0 N–H and O–H groups in total. The Hall–Kier alpha value is -1.94. The van der Waals surface area contributed by atoms with Gasteiger partial charge < -0.3 is 4.74 Å². The Morgan fingerprint density at radius 2 is 1.38 bits per heavy atom. The molecule has 2 aromatic carbocycles. The second kappa shape index (κ2) is 5.03. The van der Waals surface area contributed by atoms with E-state index in [-0.39, 0.29) is 0 Å². The van der Waals surface area contributed by atoms with Crippen molar-refractivity contribution in [3.63, 3.8) is 0 Å². The highest BCUT2D eigenvalue weighted by Gasteiger charge is 2.46. The van der Waals surface area contributed by atoms with E-state index in [1.165, 1.54) is 41.4 Å². The van der Waals surface area contributed by atoms with Crippen LogP contribution in [0.15, 0.2) is 60.7 Å². The molecule has 118 valence electrons. The van der Waals surface area contributed by atoms with E-state index in [1.54, 1.807) is 0 Å². The van der Waals surface area contributed by atoms with E-state index in [0.29, 0.717) is 0 Å². The predicted octanol–water partition coefficient (Wildman–Crippen LogP) is 6.19. The third kappa shape index (κ3) is 1.72. The molecule has 0 aliphatic heterocycles. The first kappa shape index (κ1) is 14.4. The maximum absolute atomic E-state index is 6.28. The van der Waals surface area contributed by atoms with Gasteiger partial charge in [-0.3, -0.25) is 0 Å². The minimum absolute atomic E-state index is 0.496. The summed E-state index contributed by atoms with van der Waals surface area (Å²) in [6, 6.07) is 21.9. The van der Waals surface area contributed by atoms with E-state index in [9.17, 15) is 0 Å². The Morgan fingerprint density at radius 1 is 0.792 bits per heavy atom. The van der Waals surface area contributed by atoms with Crippen molar-refractivity contribution in [2.75, 3.05) is 7.11 Å². The molecule has 0 saturated heterocycles. The molecule has 1 nitrogen and oxygen atoms in total. The lowest BCUT2D eigenvalue weighted by molar-refractivity contribution is 0.0656. The number of methoxy groups -OCH3 is 1. The van der Waals surface area contributed by atoms with Crippen LogP contribution in [-0.2, 0) is 10.3 Å². The van der Waals surface area contributed by atoms with Crippen LogP contribution in [0.25, 0.3) is 20.5 Å². The number of thiophene rings is 2. The van der Waals surface area contributed by atoms with E-state index < -0.39 is 5.60 Å². The number of aryl methyl sites for hydroxylation is 1. The van der Waals surface area contributed by atoms with E-state index in [2.05, 4.69) is 67.6 Å². The number of benzene rings is 2. The zero-order valence-electron chi connectivity index (χ0n) is 13.5. The third-order valence-corrected chi connectivity index (χ3v) is 7.20. The minimum Gasteiger partial charge on any atom is -0.363 e. The highest BCUT2D eigenvalue weighted by Crippen LogP contribution is 2.55. The van der Waals surface area contributed by atoms with Gasteiger partial charge >= 0.3 is 0 Å².